The largest absolute Gasteiger partial charge is 0.362 e. The molecule has 1 aromatic rings. The molecule has 0 saturated carbocycles. The molecule has 0 aliphatic rings. The van der Waals surface area contributed by atoms with Crippen LogP contribution in [0.4, 0.5) is 0 Å². The van der Waals surface area contributed by atoms with E-state index >= 15 is 0 Å². The molecule has 92 valence electrons. The van der Waals surface area contributed by atoms with E-state index in [9.17, 15) is 0 Å². The zero-order valence-corrected chi connectivity index (χ0v) is 12.0. The molecule has 0 atom stereocenters. The number of benzene rings is 1. The van der Waals surface area contributed by atoms with E-state index in [2.05, 4.69) is 15.8 Å². The van der Waals surface area contributed by atoms with Crippen molar-refractivity contribution in [2.45, 2.75) is 6.92 Å². The van der Waals surface area contributed by atoms with Crippen LogP contribution in [0.3, 0.4) is 0 Å². The van der Waals surface area contributed by atoms with Crippen LogP contribution in [-0.2, 0) is 0 Å². The van der Waals surface area contributed by atoms with Crippen molar-refractivity contribution in [3.63, 3.8) is 0 Å². The number of hydrogen-bond donors (Lipinski definition) is 2. The average Bonchev–Trinajstić information content (AvgIpc) is 2.29. The van der Waals surface area contributed by atoms with Gasteiger partial charge < -0.3 is 5.32 Å². The molecule has 0 heterocycles. The van der Waals surface area contributed by atoms with Gasteiger partial charge in [-0.05, 0) is 31.3 Å². The van der Waals surface area contributed by atoms with Gasteiger partial charge in [0.25, 0.3) is 0 Å². The molecule has 0 bridgehead atoms. The van der Waals surface area contributed by atoms with E-state index < -0.39 is 0 Å². The zero-order chi connectivity index (χ0) is 12.8. The van der Waals surface area contributed by atoms with E-state index in [4.69, 9.17) is 47.0 Å². The van der Waals surface area contributed by atoms with E-state index in [1.807, 2.05) is 6.92 Å². The summed E-state index contributed by atoms with van der Waals surface area (Å²) in [5.74, 6) is 0. The molecule has 7 heteroatoms. The molecule has 1 rings (SSSR count). The highest BCUT2D eigenvalue weighted by atomic mass is 35.5. The van der Waals surface area contributed by atoms with Gasteiger partial charge in [0, 0.05) is 12.1 Å². The fraction of sp³-hybridized carbons (Fsp3) is 0.200. The smallest absolute Gasteiger partial charge is 0.186 e. The molecule has 0 aliphatic heterocycles. The number of thiocarbonyl (C=S) groups is 1. The maximum atomic E-state index is 5.99. The molecule has 0 amide bonds. The van der Waals surface area contributed by atoms with Crippen LogP contribution in [0.1, 0.15) is 12.5 Å². The van der Waals surface area contributed by atoms with Crippen LogP contribution in [0.2, 0.25) is 15.1 Å². The van der Waals surface area contributed by atoms with Gasteiger partial charge in [-0.15, -0.1) is 0 Å². The highest BCUT2D eigenvalue weighted by Gasteiger charge is 2.07. The summed E-state index contributed by atoms with van der Waals surface area (Å²) in [5, 5.41) is 8.49. The third kappa shape index (κ3) is 4.32. The third-order valence-electron chi connectivity index (χ3n) is 1.78. The van der Waals surface area contributed by atoms with Crippen LogP contribution < -0.4 is 10.7 Å². The summed E-state index contributed by atoms with van der Waals surface area (Å²) in [6.07, 6.45) is 1.47. The average molecular weight is 311 g/mol. The van der Waals surface area contributed by atoms with Crippen molar-refractivity contribution in [3.05, 3.63) is 32.8 Å². The summed E-state index contributed by atoms with van der Waals surface area (Å²) in [4.78, 5) is 0. The highest BCUT2D eigenvalue weighted by Crippen LogP contribution is 2.29. The van der Waals surface area contributed by atoms with Crippen LogP contribution >= 0.6 is 47.0 Å². The first-order chi connectivity index (χ1) is 8.06. The van der Waals surface area contributed by atoms with Gasteiger partial charge in [0.05, 0.1) is 21.3 Å². The molecule has 3 nitrogen and oxygen atoms in total. The summed E-state index contributed by atoms with van der Waals surface area (Å²) >= 11 is 22.8. The normalized spacial score (nSPS) is 10.6. The van der Waals surface area contributed by atoms with Crippen LogP contribution in [0.15, 0.2) is 17.2 Å². The number of hydrogen-bond acceptors (Lipinski definition) is 2. The van der Waals surface area contributed by atoms with E-state index in [0.29, 0.717) is 25.7 Å². The van der Waals surface area contributed by atoms with Crippen molar-refractivity contribution < 1.29 is 0 Å². The predicted molar refractivity (Wildman–Crippen MR) is 78.5 cm³/mol. The van der Waals surface area contributed by atoms with E-state index in [1.54, 1.807) is 12.1 Å². The van der Waals surface area contributed by atoms with Crippen molar-refractivity contribution in [2.75, 3.05) is 6.54 Å². The van der Waals surface area contributed by atoms with Crippen molar-refractivity contribution in [1.82, 2.24) is 10.7 Å². The van der Waals surface area contributed by atoms with Crippen molar-refractivity contribution >= 4 is 58.3 Å². The van der Waals surface area contributed by atoms with Gasteiger partial charge >= 0.3 is 0 Å². The number of hydrazone groups is 1. The molecule has 0 aromatic heterocycles. The Morgan fingerprint density at radius 1 is 1.35 bits per heavy atom. The Labute approximate surface area is 120 Å². The Hall–Kier alpha value is -0.550. The first-order valence-corrected chi connectivity index (χ1v) is 6.31. The number of nitrogens with one attached hydrogen (secondary N) is 2. The second kappa shape index (κ2) is 7.01. The van der Waals surface area contributed by atoms with E-state index in [1.165, 1.54) is 6.21 Å². The van der Waals surface area contributed by atoms with Crippen molar-refractivity contribution in [2.24, 2.45) is 5.10 Å². The standard InChI is InChI=1S/C10H10Cl3N3S/c1-2-14-10(17)16-15-5-6-7(11)3-4-8(12)9(6)13/h3-5H,2H2,1H3,(H2,14,16,17)/b15-5+. The van der Waals surface area contributed by atoms with Crippen molar-refractivity contribution in [1.29, 1.82) is 0 Å². The Morgan fingerprint density at radius 2 is 2.00 bits per heavy atom. The van der Waals surface area contributed by atoms with Crippen LogP contribution in [0.25, 0.3) is 0 Å². The van der Waals surface area contributed by atoms with Gasteiger partial charge in [-0.3, -0.25) is 5.43 Å². The van der Waals surface area contributed by atoms with Crippen LogP contribution in [-0.4, -0.2) is 17.9 Å². The second-order valence-corrected chi connectivity index (χ2v) is 4.59. The lowest BCUT2D eigenvalue weighted by Gasteiger charge is -2.05. The fourth-order valence-electron chi connectivity index (χ4n) is 1.02. The SMILES string of the molecule is CCNC(=S)N/N=C/c1c(Cl)ccc(Cl)c1Cl. The number of halogens is 3. The first-order valence-electron chi connectivity index (χ1n) is 4.76. The number of nitrogens with zero attached hydrogens (tertiary/aromatic N) is 1. The molecule has 0 radical (unpaired) electrons. The molecule has 0 unspecified atom stereocenters. The molecule has 0 fully saturated rings. The maximum absolute atomic E-state index is 5.99. The minimum absolute atomic E-state index is 0.360. The minimum Gasteiger partial charge on any atom is -0.362 e. The fourth-order valence-corrected chi connectivity index (χ4v) is 1.85. The molecule has 17 heavy (non-hydrogen) atoms. The van der Waals surface area contributed by atoms with Gasteiger partial charge in [0.15, 0.2) is 5.11 Å². The van der Waals surface area contributed by atoms with Crippen LogP contribution in [0.5, 0.6) is 0 Å². The summed E-state index contributed by atoms with van der Waals surface area (Å²) in [6.45, 7) is 2.66. The monoisotopic (exact) mass is 309 g/mol. The molecule has 0 saturated heterocycles. The Kier molecular flexibility index (Phi) is 5.98. The molecule has 0 aliphatic carbocycles. The lowest BCUT2D eigenvalue weighted by Crippen LogP contribution is -2.31. The summed E-state index contributed by atoms with van der Waals surface area (Å²) in [7, 11) is 0. The zero-order valence-electron chi connectivity index (χ0n) is 8.93. The van der Waals surface area contributed by atoms with Crippen molar-refractivity contribution in [3.8, 4) is 0 Å². The molecular formula is C10H10Cl3N3S. The summed E-state index contributed by atoms with van der Waals surface area (Å²) in [5.41, 5.74) is 3.18. The quantitative estimate of drug-likeness (QED) is 0.388. The molecule has 1 aromatic carbocycles. The predicted octanol–water partition coefficient (Wildman–Crippen LogP) is 3.46. The van der Waals surface area contributed by atoms with Gasteiger partial charge in [-0.1, -0.05) is 34.8 Å². The molecular weight excluding hydrogens is 301 g/mol. The summed E-state index contributed by atoms with van der Waals surface area (Å²) < 4.78 is 0. The highest BCUT2D eigenvalue weighted by molar-refractivity contribution is 7.80. The molecule has 0 spiro atoms. The van der Waals surface area contributed by atoms with Gasteiger partial charge in [0.2, 0.25) is 0 Å². The topological polar surface area (TPSA) is 36.4 Å². The van der Waals surface area contributed by atoms with Gasteiger partial charge in [-0.2, -0.15) is 5.10 Å². The molecule has 2 N–H and O–H groups in total. The van der Waals surface area contributed by atoms with E-state index in [0.717, 1.165) is 6.54 Å². The van der Waals surface area contributed by atoms with Gasteiger partial charge in [-0.25, -0.2) is 0 Å². The Bertz CT molecular complexity index is 449. The second-order valence-electron chi connectivity index (χ2n) is 2.99. The van der Waals surface area contributed by atoms with Gasteiger partial charge in [0.1, 0.15) is 0 Å². The lowest BCUT2D eigenvalue weighted by atomic mass is 10.2. The summed E-state index contributed by atoms with van der Waals surface area (Å²) in [6, 6.07) is 3.28. The maximum Gasteiger partial charge on any atom is 0.186 e. The Morgan fingerprint density at radius 3 is 2.65 bits per heavy atom. The minimum atomic E-state index is 0.360. The number of rotatable bonds is 3. The third-order valence-corrected chi connectivity index (χ3v) is 3.16. The van der Waals surface area contributed by atoms with E-state index in [-0.39, 0.29) is 0 Å². The van der Waals surface area contributed by atoms with Crippen LogP contribution in [0, 0.1) is 0 Å². The Balaban J connectivity index is 2.78. The lowest BCUT2D eigenvalue weighted by molar-refractivity contribution is 0.904. The first kappa shape index (κ1) is 14.5.